The molecule has 1 saturated heterocycles. The van der Waals surface area contributed by atoms with Gasteiger partial charge in [-0.1, -0.05) is 0 Å². The van der Waals surface area contributed by atoms with Crippen molar-refractivity contribution >= 4 is 5.91 Å². The Bertz CT molecular complexity index is 799. The Morgan fingerprint density at radius 3 is 2.96 bits per heavy atom. The Labute approximate surface area is 147 Å². The monoisotopic (exact) mass is 341 g/mol. The number of hydrogen-bond acceptors (Lipinski definition) is 5. The molecular formula is C19H23N3O3. The van der Waals surface area contributed by atoms with E-state index in [9.17, 15) is 4.79 Å². The molecule has 6 heteroatoms. The topological polar surface area (TPSA) is 68.5 Å². The molecule has 6 nitrogen and oxygen atoms in total. The second-order valence-electron chi connectivity index (χ2n) is 6.81. The number of morpholine rings is 1. The van der Waals surface area contributed by atoms with Crippen LogP contribution in [0.15, 0.2) is 16.7 Å². The smallest absolute Gasteiger partial charge is 0.257 e. The molecule has 132 valence electrons. The number of carbonyl (C=O) groups is 1. The lowest BCUT2D eigenvalue weighted by molar-refractivity contribution is -0.0269. The number of nitrogens with zero attached hydrogens (tertiary/aromatic N) is 3. The number of aromatic nitrogens is 2. The van der Waals surface area contributed by atoms with E-state index in [0.29, 0.717) is 25.5 Å². The Hall–Kier alpha value is -2.21. The van der Waals surface area contributed by atoms with Crippen LogP contribution in [0.3, 0.4) is 0 Å². The number of ether oxygens (including phenoxy) is 1. The van der Waals surface area contributed by atoms with Crippen LogP contribution in [0, 0.1) is 13.8 Å². The molecule has 2 aliphatic rings. The summed E-state index contributed by atoms with van der Waals surface area (Å²) in [7, 11) is 0. The largest absolute Gasteiger partial charge is 0.465 e. The van der Waals surface area contributed by atoms with Crippen molar-refractivity contribution in [3.63, 3.8) is 0 Å². The van der Waals surface area contributed by atoms with Crippen molar-refractivity contribution in [2.75, 3.05) is 19.7 Å². The van der Waals surface area contributed by atoms with Crippen molar-refractivity contribution < 1.29 is 13.9 Å². The van der Waals surface area contributed by atoms with Crippen molar-refractivity contribution in [3.05, 3.63) is 46.4 Å². The van der Waals surface area contributed by atoms with Gasteiger partial charge in [0.1, 0.15) is 17.6 Å². The molecule has 1 amide bonds. The molecule has 1 unspecified atom stereocenters. The van der Waals surface area contributed by atoms with Gasteiger partial charge < -0.3 is 14.1 Å². The van der Waals surface area contributed by atoms with Crippen molar-refractivity contribution in [3.8, 4) is 0 Å². The highest BCUT2D eigenvalue weighted by Gasteiger charge is 2.32. The van der Waals surface area contributed by atoms with Crippen molar-refractivity contribution in [2.45, 2.75) is 45.6 Å². The maximum atomic E-state index is 13.2. The van der Waals surface area contributed by atoms with Crippen LogP contribution in [0.5, 0.6) is 0 Å². The third kappa shape index (κ3) is 3.06. The molecule has 1 fully saturated rings. The van der Waals surface area contributed by atoms with Gasteiger partial charge in [-0.05, 0) is 39.2 Å². The molecule has 0 aromatic carbocycles. The van der Waals surface area contributed by atoms with E-state index >= 15 is 0 Å². The first-order chi connectivity index (χ1) is 12.1. The molecule has 25 heavy (non-hydrogen) atoms. The molecule has 0 bridgehead atoms. The maximum Gasteiger partial charge on any atom is 0.257 e. The van der Waals surface area contributed by atoms with E-state index in [1.807, 2.05) is 24.8 Å². The van der Waals surface area contributed by atoms with Gasteiger partial charge in [-0.15, -0.1) is 0 Å². The van der Waals surface area contributed by atoms with E-state index in [1.165, 1.54) is 0 Å². The zero-order valence-electron chi connectivity index (χ0n) is 14.7. The van der Waals surface area contributed by atoms with E-state index in [-0.39, 0.29) is 12.0 Å². The van der Waals surface area contributed by atoms with Crippen LogP contribution in [-0.2, 0) is 17.6 Å². The highest BCUT2D eigenvalue weighted by Crippen LogP contribution is 2.31. The van der Waals surface area contributed by atoms with Crippen LogP contribution < -0.4 is 0 Å². The summed E-state index contributed by atoms with van der Waals surface area (Å²) in [5, 5.41) is 0. The standard InChI is InChI=1S/C19H23N3O3/c1-12-7-8-20-18(21-12)16-11-22(9-10-24-16)19(23)17-13(2)25-15-6-4-3-5-14(15)17/h7-8,16H,3-6,9-11H2,1-2H3. The Morgan fingerprint density at radius 2 is 2.12 bits per heavy atom. The second kappa shape index (κ2) is 6.59. The van der Waals surface area contributed by atoms with Gasteiger partial charge in [0.25, 0.3) is 5.91 Å². The van der Waals surface area contributed by atoms with Gasteiger partial charge in [-0.3, -0.25) is 4.79 Å². The number of furan rings is 1. The van der Waals surface area contributed by atoms with Gasteiger partial charge in [0.15, 0.2) is 5.82 Å². The average Bonchev–Trinajstić information content (AvgIpc) is 2.97. The van der Waals surface area contributed by atoms with Crippen molar-refractivity contribution in [1.82, 2.24) is 14.9 Å². The molecule has 4 rings (SSSR count). The van der Waals surface area contributed by atoms with Gasteiger partial charge in [0.2, 0.25) is 0 Å². The highest BCUT2D eigenvalue weighted by molar-refractivity contribution is 5.97. The van der Waals surface area contributed by atoms with Gasteiger partial charge in [-0.2, -0.15) is 0 Å². The number of rotatable bonds is 2. The zero-order chi connectivity index (χ0) is 17.4. The first-order valence-electron chi connectivity index (χ1n) is 8.95. The number of hydrogen-bond donors (Lipinski definition) is 0. The summed E-state index contributed by atoms with van der Waals surface area (Å²) in [6.45, 7) is 5.38. The Balaban J connectivity index is 1.57. The van der Waals surface area contributed by atoms with Gasteiger partial charge >= 0.3 is 0 Å². The van der Waals surface area contributed by atoms with Crippen LogP contribution in [0.2, 0.25) is 0 Å². The zero-order valence-corrected chi connectivity index (χ0v) is 14.7. The van der Waals surface area contributed by atoms with Crippen LogP contribution >= 0.6 is 0 Å². The highest BCUT2D eigenvalue weighted by atomic mass is 16.5. The van der Waals surface area contributed by atoms with E-state index in [1.54, 1.807) is 6.20 Å². The summed E-state index contributed by atoms with van der Waals surface area (Å²) in [4.78, 5) is 23.8. The van der Waals surface area contributed by atoms with Crippen LogP contribution in [0.1, 0.15) is 57.9 Å². The fourth-order valence-corrected chi connectivity index (χ4v) is 3.75. The van der Waals surface area contributed by atoms with Crippen LogP contribution in [0.25, 0.3) is 0 Å². The fraction of sp³-hybridized carbons (Fsp3) is 0.526. The van der Waals surface area contributed by atoms with E-state index in [4.69, 9.17) is 9.15 Å². The van der Waals surface area contributed by atoms with Crippen molar-refractivity contribution in [1.29, 1.82) is 0 Å². The number of amides is 1. The minimum absolute atomic E-state index is 0.0466. The maximum absolute atomic E-state index is 13.2. The molecular weight excluding hydrogens is 318 g/mol. The predicted molar refractivity (Wildman–Crippen MR) is 91.5 cm³/mol. The number of carbonyl (C=O) groups excluding carboxylic acids is 1. The summed E-state index contributed by atoms with van der Waals surface area (Å²) < 4.78 is 11.7. The first-order valence-corrected chi connectivity index (χ1v) is 8.95. The Kier molecular flexibility index (Phi) is 4.29. The van der Waals surface area contributed by atoms with E-state index in [0.717, 1.165) is 54.0 Å². The third-order valence-corrected chi connectivity index (χ3v) is 5.02. The third-order valence-electron chi connectivity index (χ3n) is 5.02. The molecule has 0 spiro atoms. The summed E-state index contributed by atoms with van der Waals surface area (Å²) >= 11 is 0. The van der Waals surface area contributed by atoms with Gasteiger partial charge in [0, 0.05) is 30.4 Å². The van der Waals surface area contributed by atoms with E-state index in [2.05, 4.69) is 9.97 Å². The lowest BCUT2D eigenvalue weighted by atomic mass is 9.94. The Morgan fingerprint density at radius 1 is 1.28 bits per heavy atom. The molecule has 0 radical (unpaired) electrons. The molecule has 1 aliphatic heterocycles. The SMILES string of the molecule is Cc1ccnc(C2CN(C(=O)c3c(C)oc4c3CCCC4)CCO2)n1. The van der Waals surface area contributed by atoms with Gasteiger partial charge in [-0.25, -0.2) is 9.97 Å². The summed E-state index contributed by atoms with van der Waals surface area (Å²) in [5.41, 5.74) is 2.78. The lowest BCUT2D eigenvalue weighted by Gasteiger charge is -2.32. The second-order valence-corrected chi connectivity index (χ2v) is 6.81. The molecule has 1 aliphatic carbocycles. The molecule has 0 saturated carbocycles. The lowest BCUT2D eigenvalue weighted by Crippen LogP contribution is -2.43. The summed E-state index contributed by atoms with van der Waals surface area (Å²) in [6.07, 6.45) is 5.58. The minimum atomic E-state index is -0.277. The quantitative estimate of drug-likeness (QED) is 0.840. The van der Waals surface area contributed by atoms with Crippen molar-refractivity contribution in [2.24, 2.45) is 0 Å². The number of fused-ring (bicyclic) bond motifs is 1. The number of aryl methyl sites for hydroxylation is 3. The molecule has 2 aromatic heterocycles. The first kappa shape index (κ1) is 16.3. The molecule has 3 heterocycles. The summed E-state index contributed by atoms with van der Waals surface area (Å²) in [6, 6.07) is 1.86. The average molecular weight is 341 g/mol. The molecule has 1 atom stereocenters. The van der Waals surface area contributed by atoms with Crippen LogP contribution in [-0.4, -0.2) is 40.5 Å². The summed E-state index contributed by atoms with van der Waals surface area (Å²) in [5.74, 6) is 2.43. The van der Waals surface area contributed by atoms with E-state index < -0.39 is 0 Å². The normalized spacial score (nSPS) is 20.4. The molecule has 2 aromatic rings. The predicted octanol–water partition coefficient (Wildman–Crippen LogP) is 2.78. The fourth-order valence-electron chi connectivity index (χ4n) is 3.75. The minimum Gasteiger partial charge on any atom is -0.465 e. The van der Waals surface area contributed by atoms with Gasteiger partial charge in [0.05, 0.1) is 18.7 Å². The van der Waals surface area contributed by atoms with Crippen LogP contribution in [0.4, 0.5) is 0 Å². The molecule has 0 N–H and O–H groups in total.